The molecule has 0 saturated carbocycles. The van der Waals surface area contributed by atoms with E-state index in [9.17, 15) is 9.59 Å². The van der Waals surface area contributed by atoms with E-state index in [2.05, 4.69) is 34.7 Å². The second-order valence-electron chi connectivity index (χ2n) is 8.56. The number of halogens is 1. The van der Waals surface area contributed by atoms with Crippen LogP contribution >= 0.6 is 11.6 Å². The molecule has 0 radical (unpaired) electrons. The maximum Gasteiger partial charge on any atom is 0.253 e. The SMILES string of the molecule is CC(C)C(NC(=O)c1ccccc1Cl)C(=O)N1CCC(c2c[nH]c3ccccc23)CC1. The van der Waals surface area contributed by atoms with Gasteiger partial charge in [-0.15, -0.1) is 0 Å². The summed E-state index contributed by atoms with van der Waals surface area (Å²) in [6.45, 7) is 5.28. The lowest BCUT2D eigenvalue weighted by atomic mass is 9.88. The Balaban J connectivity index is 1.42. The Labute approximate surface area is 187 Å². The second kappa shape index (κ2) is 9.15. The molecule has 1 saturated heterocycles. The highest BCUT2D eigenvalue weighted by molar-refractivity contribution is 6.33. The van der Waals surface area contributed by atoms with E-state index in [0.717, 1.165) is 18.4 Å². The number of hydrogen-bond donors (Lipinski definition) is 2. The molecule has 1 fully saturated rings. The van der Waals surface area contributed by atoms with Gasteiger partial charge in [0.25, 0.3) is 5.91 Å². The van der Waals surface area contributed by atoms with Crippen LogP contribution in [-0.4, -0.2) is 40.8 Å². The normalized spacial score (nSPS) is 15.9. The number of H-pyrrole nitrogens is 1. The van der Waals surface area contributed by atoms with Crippen molar-refractivity contribution in [2.45, 2.75) is 38.6 Å². The Morgan fingerprint density at radius 2 is 1.74 bits per heavy atom. The van der Waals surface area contributed by atoms with Gasteiger partial charge in [0.2, 0.25) is 5.91 Å². The van der Waals surface area contributed by atoms with Gasteiger partial charge in [0.1, 0.15) is 6.04 Å². The van der Waals surface area contributed by atoms with Gasteiger partial charge >= 0.3 is 0 Å². The van der Waals surface area contributed by atoms with Gasteiger partial charge < -0.3 is 15.2 Å². The minimum Gasteiger partial charge on any atom is -0.361 e. The van der Waals surface area contributed by atoms with Crippen LogP contribution < -0.4 is 5.32 Å². The maximum atomic E-state index is 13.3. The van der Waals surface area contributed by atoms with Gasteiger partial charge in [0, 0.05) is 30.2 Å². The molecule has 2 amide bonds. The molecule has 3 aromatic rings. The van der Waals surface area contributed by atoms with Crippen molar-refractivity contribution in [3.8, 4) is 0 Å². The third-order valence-electron chi connectivity index (χ3n) is 6.21. The van der Waals surface area contributed by atoms with E-state index in [1.54, 1.807) is 24.3 Å². The molecule has 1 aliphatic rings. The summed E-state index contributed by atoms with van der Waals surface area (Å²) in [5.41, 5.74) is 2.87. The van der Waals surface area contributed by atoms with Gasteiger partial charge in [-0.1, -0.05) is 55.8 Å². The third-order valence-corrected chi connectivity index (χ3v) is 6.54. The number of piperidine rings is 1. The summed E-state index contributed by atoms with van der Waals surface area (Å²) in [5, 5.41) is 4.56. The van der Waals surface area contributed by atoms with Gasteiger partial charge in [-0.3, -0.25) is 9.59 Å². The number of benzene rings is 2. The predicted octanol–water partition coefficient (Wildman–Crippen LogP) is 4.98. The van der Waals surface area contributed by atoms with E-state index in [-0.39, 0.29) is 17.7 Å². The summed E-state index contributed by atoms with van der Waals surface area (Å²) in [6.07, 6.45) is 3.93. The molecular formula is C25H28ClN3O2. The number of amides is 2. The van der Waals surface area contributed by atoms with E-state index < -0.39 is 6.04 Å². The minimum atomic E-state index is -0.576. The van der Waals surface area contributed by atoms with E-state index in [0.29, 0.717) is 29.6 Å². The number of nitrogens with one attached hydrogen (secondary N) is 2. The predicted molar refractivity (Wildman–Crippen MR) is 124 cm³/mol. The fourth-order valence-electron chi connectivity index (χ4n) is 4.42. The lowest BCUT2D eigenvalue weighted by Gasteiger charge is -2.35. The molecule has 0 bridgehead atoms. The second-order valence-corrected chi connectivity index (χ2v) is 8.97. The molecule has 162 valence electrons. The fourth-order valence-corrected chi connectivity index (χ4v) is 4.64. The lowest BCUT2D eigenvalue weighted by Crippen LogP contribution is -2.52. The zero-order valence-corrected chi connectivity index (χ0v) is 18.7. The quantitative estimate of drug-likeness (QED) is 0.591. The molecule has 0 spiro atoms. The van der Waals surface area contributed by atoms with Crippen LogP contribution in [-0.2, 0) is 4.79 Å². The molecule has 1 unspecified atom stereocenters. The van der Waals surface area contributed by atoms with E-state index in [1.165, 1.54) is 10.9 Å². The number of para-hydroxylation sites is 1. The van der Waals surface area contributed by atoms with Crippen LogP contribution in [0.25, 0.3) is 10.9 Å². The van der Waals surface area contributed by atoms with Gasteiger partial charge in [-0.05, 0) is 48.4 Å². The number of hydrogen-bond acceptors (Lipinski definition) is 2. The highest BCUT2D eigenvalue weighted by atomic mass is 35.5. The number of carbonyl (C=O) groups is 2. The Bertz CT molecular complexity index is 1080. The number of fused-ring (bicyclic) bond motifs is 1. The average molecular weight is 438 g/mol. The standard InChI is InChI=1S/C25H28ClN3O2/c1-16(2)23(28-24(30)19-8-3-5-9-21(19)26)25(31)29-13-11-17(12-14-29)20-15-27-22-10-6-4-7-18(20)22/h3-10,15-17,23,27H,11-14H2,1-2H3,(H,28,30). The number of likely N-dealkylation sites (tertiary alicyclic amines) is 1. The van der Waals surface area contributed by atoms with Crippen molar-refractivity contribution < 1.29 is 9.59 Å². The summed E-state index contributed by atoms with van der Waals surface area (Å²) in [7, 11) is 0. The molecule has 5 nitrogen and oxygen atoms in total. The van der Waals surface area contributed by atoms with Crippen LogP contribution in [0.15, 0.2) is 54.7 Å². The minimum absolute atomic E-state index is 0.0206. The van der Waals surface area contributed by atoms with Crippen molar-refractivity contribution in [3.63, 3.8) is 0 Å². The van der Waals surface area contributed by atoms with Gasteiger partial charge in [0.05, 0.1) is 10.6 Å². The van der Waals surface area contributed by atoms with Crippen LogP contribution in [0.1, 0.15) is 48.5 Å². The van der Waals surface area contributed by atoms with Gasteiger partial charge in [0.15, 0.2) is 0 Å². The average Bonchev–Trinajstić information content (AvgIpc) is 3.21. The Kier molecular flexibility index (Phi) is 6.33. The van der Waals surface area contributed by atoms with Gasteiger partial charge in [-0.2, -0.15) is 0 Å². The van der Waals surface area contributed by atoms with E-state index in [1.807, 2.05) is 24.8 Å². The highest BCUT2D eigenvalue weighted by Crippen LogP contribution is 2.33. The van der Waals surface area contributed by atoms with Crippen molar-refractivity contribution in [2.24, 2.45) is 5.92 Å². The van der Waals surface area contributed by atoms with E-state index >= 15 is 0 Å². The smallest absolute Gasteiger partial charge is 0.253 e. The maximum absolute atomic E-state index is 13.3. The zero-order chi connectivity index (χ0) is 22.0. The number of nitrogens with zero attached hydrogens (tertiary/aromatic N) is 1. The molecule has 1 aromatic heterocycles. The van der Waals surface area contributed by atoms with Crippen LogP contribution in [0.4, 0.5) is 0 Å². The topological polar surface area (TPSA) is 65.2 Å². The molecule has 0 aliphatic carbocycles. The van der Waals surface area contributed by atoms with Crippen LogP contribution in [0.5, 0.6) is 0 Å². The van der Waals surface area contributed by atoms with Crippen LogP contribution in [0, 0.1) is 5.92 Å². The van der Waals surface area contributed by atoms with Crippen molar-refractivity contribution in [1.82, 2.24) is 15.2 Å². The summed E-state index contributed by atoms with van der Waals surface area (Å²) < 4.78 is 0. The zero-order valence-electron chi connectivity index (χ0n) is 17.9. The first-order valence-electron chi connectivity index (χ1n) is 10.9. The van der Waals surface area contributed by atoms with Crippen molar-refractivity contribution in [1.29, 1.82) is 0 Å². The number of rotatable bonds is 5. The van der Waals surface area contributed by atoms with Crippen molar-refractivity contribution in [3.05, 3.63) is 70.9 Å². The molecule has 1 aliphatic heterocycles. The van der Waals surface area contributed by atoms with Crippen molar-refractivity contribution in [2.75, 3.05) is 13.1 Å². The molecule has 2 aromatic carbocycles. The number of aromatic amines is 1. The molecule has 1 atom stereocenters. The fraction of sp³-hybridized carbons (Fsp3) is 0.360. The van der Waals surface area contributed by atoms with E-state index in [4.69, 9.17) is 11.6 Å². The first-order chi connectivity index (χ1) is 15.0. The third kappa shape index (κ3) is 4.47. The lowest BCUT2D eigenvalue weighted by molar-refractivity contribution is -0.135. The Morgan fingerprint density at radius 1 is 1.06 bits per heavy atom. The van der Waals surface area contributed by atoms with Crippen LogP contribution in [0.2, 0.25) is 5.02 Å². The Morgan fingerprint density at radius 3 is 2.45 bits per heavy atom. The van der Waals surface area contributed by atoms with Crippen LogP contribution in [0.3, 0.4) is 0 Å². The Hall–Kier alpha value is -2.79. The number of carbonyl (C=O) groups excluding carboxylic acids is 2. The monoisotopic (exact) mass is 437 g/mol. The summed E-state index contributed by atoms with van der Waals surface area (Å²) >= 11 is 6.16. The summed E-state index contributed by atoms with van der Waals surface area (Å²) in [6, 6.07) is 14.7. The summed E-state index contributed by atoms with van der Waals surface area (Å²) in [4.78, 5) is 31.2. The molecular weight excluding hydrogens is 410 g/mol. The molecule has 2 heterocycles. The largest absolute Gasteiger partial charge is 0.361 e. The highest BCUT2D eigenvalue weighted by Gasteiger charge is 2.32. The van der Waals surface area contributed by atoms with Gasteiger partial charge in [-0.25, -0.2) is 0 Å². The first kappa shape index (κ1) is 21.4. The molecule has 4 rings (SSSR count). The molecule has 2 N–H and O–H groups in total. The molecule has 31 heavy (non-hydrogen) atoms. The summed E-state index contributed by atoms with van der Waals surface area (Å²) in [5.74, 6) is 0.0693. The first-order valence-corrected chi connectivity index (χ1v) is 11.2. The van der Waals surface area contributed by atoms with Crippen molar-refractivity contribution >= 4 is 34.3 Å². The number of aromatic nitrogens is 1. The molecule has 6 heteroatoms.